The van der Waals surface area contributed by atoms with E-state index >= 15 is 0 Å². The average molecular weight is 404 g/mol. The Balaban J connectivity index is 1.56. The first-order valence-corrected chi connectivity index (χ1v) is 9.02. The summed E-state index contributed by atoms with van der Waals surface area (Å²) in [6.45, 7) is 0.492. The van der Waals surface area contributed by atoms with E-state index in [4.69, 9.17) is 4.74 Å². The van der Waals surface area contributed by atoms with Crippen molar-refractivity contribution in [2.45, 2.75) is 18.9 Å². The number of hydrogen-bond donors (Lipinski definition) is 1. The van der Waals surface area contributed by atoms with Crippen LogP contribution in [-0.2, 0) is 14.3 Å². The van der Waals surface area contributed by atoms with Crippen molar-refractivity contribution in [3.8, 4) is 0 Å². The van der Waals surface area contributed by atoms with Gasteiger partial charge in [0.05, 0.1) is 16.1 Å². The minimum Gasteiger partial charge on any atom is -0.375 e. The van der Waals surface area contributed by atoms with Crippen LogP contribution in [-0.4, -0.2) is 77.7 Å². The van der Waals surface area contributed by atoms with Crippen LogP contribution in [0.3, 0.4) is 0 Å². The Bertz CT molecular complexity index is 877. The van der Waals surface area contributed by atoms with Crippen LogP contribution >= 0.6 is 0 Å². The van der Waals surface area contributed by atoms with Gasteiger partial charge in [-0.15, -0.1) is 0 Å². The molecule has 0 bridgehead atoms. The third kappa shape index (κ3) is 4.24. The van der Waals surface area contributed by atoms with Crippen LogP contribution in [0, 0.1) is 10.1 Å². The number of hydrogen-bond acceptors (Lipinski definition) is 7. The number of non-ortho nitro benzene ring substituents is 1. The molecule has 2 aliphatic rings. The SMILES string of the molecule is COCC(=O)N1CCC(NC(=O)CN2C(=O)c3ccc([N+](=O)[O-])cc3C2=O)CC1. The Morgan fingerprint density at radius 2 is 1.86 bits per heavy atom. The zero-order valence-corrected chi connectivity index (χ0v) is 15.8. The highest BCUT2D eigenvalue weighted by atomic mass is 16.6. The molecule has 0 atom stereocenters. The van der Waals surface area contributed by atoms with Crippen molar-refractivity contribution < 1.29 is 28.8 Å². The topological polar surface area (TPSA) is 139 Å². The molecule has 1 aromatic rings. The number of methoxy groups -OCH3 is 1. The van der Waals surface area contributed by atoms with E-state index < -0.39 is 29.2 Å². The number of carbonyl (C=O) groups is 4. The molecule has 1 aromatic carbocycles. The molecule has 11 heteroatoms. The Labute approximate surface area is 165 Å². The van der Waals surface area contributed by atoms with E-state index in [0.717, 1.165) is 17.0 Å². The Morgan fingerprint density at radius 1 is 1.21 bits per heavy atom. The van der Waals surface area contributed by atoms with Gasteiger partial charge in [0.1, 0.15) is 13.2 Å². The van der Waals surface area contributed by atoms with Gasteiger partial charge in [0, 0.05) is 38.4 Å². The Kier molecular flexibility index (Phi) is 5.87. The third-order valence-corrected chi connectivity index (χ3v) is 4.95. The van der Waals surface area contributed by atoms with Crippen molar-refractivity contribution in [1.29, 1.82) is 0 Å². The molecule has 2 aliphatic heterocycles. The molecule has 1 saturated heterocycles. The fourth-order valence-corrected chi connectivity index (χ4v) is 3.44. The average Bonchev–Trinajstić information content (AvgIpc) is 2.93. The van der Waals surface area contributed by atoms with Crippen LogP contribution in [0.2, 0.25) is 0 Å². The molecule has 11 nitrogen and oxygen atoms in total. The maximum Gasteiger partial charge on any atom is 0.270 e. The van der Waals surface area contributed by atoms with Crippen LogP contribution in [0.1, 0.15) is 33.6 Å². The first-order chi connectivity index (χ1) is 13.8. The van der Waals surface area contributed by atoms with Crippen molar-refractivity contribution in [2.24, 2.45) is 0 Å². The second-order valence-electron chi connectivity index (χ2n) is 6.84. The number of likely N-dealkylation sites (tertiary alicyclic amines) is 1. The fraction of sp³-hybridized carbons (Fsp3) is 0.444. The number of carbonyl (C=O) groups excluding carboxylic acids is 4. The molecule has 0 saturated carbocycles. The predicted molar refractivity (Wildman–Crippen MR) is 98.1 cm³/mol. The largest absolute Gasteiger partial charge is 0.375 e. The molecule has 1 fully saturated rings. The second-order valence-corrected chi connectivity index (χ2v) is 6.84. The van der Waals surface area contributed by atoms with Gasteiger partial charge >= 0.3 is 0 Å². The Morgan fingerprint density at radius 3 is 2.48 bits per heavy atom. The van der Waals surface area contributed by atoms with Gasteiger partial charge in [0.2, 0.25) is 11.8 Å². The lowest BCUT2D eigenvalue weighted by atomic mass is 10.0. The van der Waals surface area contributed by atoms with E-state index in [-0.39, 0.29) is 35.4 Å². The molecule has 0 spiro atoms. The van der Waals surface area contributed by atoms with E-state index in [1.807, 2.05) is 0 Å². The lowest BCUT2D eigenvalue weighted by Crippen LogP contribution is -2.49. The molecule has 2 heterocycles. The molecule has 4 amide bonds. The molecule has 1 N–H and O–H groups in total. The van der Waals surface area contributed by atoms with Crippen molar-refractivity contribution in [3.05, 3.63) is 39.4 Å². The first kappa shape index (κ1) is 20.4. The van der Waals surface area contributed by atoms with E-state index in [1.165, 1.54) is 13.2 Å². The van der Waals surface area contributed by atoms with Gasteiger partial charge in [0.25, 0.3) is 17.5 Å². The van der Waals surface area contributed by atoms with Crippen LogP contribution in [0.5, 0.6) is 0 Å². The molecule has 154 valence electrons. The summed E-state index contributed by atoms with van der Waals surface area (Å²) in [5.74, 6) is -2.01. The number of nitrogens with one attached hydrogen (secondary N) is 1. The van der Waals surface area contributed by atoms with Crippen LogP contribution < -0.4 is 5.32 Å². The van der Waals surface area contributed by atoms with Gasteiger partial charge in [-0.2, -0.15) is 0 Å². The maximum absolute atomic E-state index is 12.4. The lowest BCUT2D eigenvalue weighted by Gasteiger charge is -2.32. The van der Waals surface area contributed by atoms with Crippen LogP contribution in [0.25, 0.3) is 0 Å². The first-order valence-electron chi connectivity index (χ1n) is 9.02. The quantitative estimate of drug-likeness (QED) is 0.398. The molecule has 0 unspecified atom stereocenters. The van der Waals surface area contributed by atoms with E-state index in [9.17, 15) is 29.3 Å². The summed E-state index contributed by atoms with van der Waals surface area (Å²) >= 11 is 0. The van der Waals surface area contributed by atoms with Gasteiger partial charge in [0.15, 0.2) is 0 Å². The molecule has 0 aromatic heterocycles. The molecular formula is C18H20N4O7. The van der Waals surface area contributed by atoms with Crippen LogP contribution in [0.15, 0.2) is 18.2 Å². The minimum absolute atomic E-state index is 0.00886. The van der Waals surface area contributed by atoms with Gasteiger partial charge in [-0.05, 0) is 18.9 Å². The standard InChI is InChI=1S/C18H20N4O7/c1-29-10-16(24)20-6-4-11(5-7-20)19-15(23)9-21-17(25)13-3-2-12(22(27)28)8-14(13)18(21)26/h2-3,8,11H,4-7,9-10H2,1H3,(H,19,23). The summed E-state index contributed by atoms with van der Waals surface area (Å²) in [4.78, 5) is 61.6. The number of imide groups is 1. The molecule has 0 aliphatic carbocycles. The number of nitro groups is 1. The highest BCUT2D eigenvalue weighted by molar-refractivity contribution is 6.22. The van der Waals surface area contributed by atoms with E-state index in [2.05, 4.69) is 5.32 Å². The summed E-state index contributed by atoms with van der Waals surface area (Å²) in [5, 5.41) is 13.6. The smallest absolute Gasteiger partial charge is 0.270 e. The summed E-state index contributed by atoms with van der Waals surface area (Å²) in [6.07, 6.45) is 1.10. The van der Waals surface area contributed by atoms with Gasteiger partial charge in [-0.25, -0.2) is 0 Å². The summed E-state index contributed by atoms with van der Waals surface area (Å²) < 4.78 is 4.82. The highest BCUT2D eigenvalue weighted by Crippen LogP contribution is 2.26. The third-order valence-electron chi connectivity index (χ3n) is 4.95. The normalized spacial score (nSPS) is 16.7. The highest BCUT2D eigenvalue weighted by Gasteiger charge is 2.38. The Hall–Kier alpha value is -3.34. The van der Waals surface area contributed by atoms with E-state index in [1.54, 1.807) is 4.90 Å². The molecule has 0 radical (unpaired) electrons. The number of rotatable bonds is 6. The number of nitro benzene ring substituents is 1. The van der Waals surface area contributed by atoms with Crippen molar-refractivity contribution in [2.75, 3.05) is 33.4 Å². The number of amides is 4. The number of nitrogens with zero attached hydrogens (tertiary/aromatic N) is 3. The van der Waals surface area contributed by atoms with Gasteiger partial charge in [-0.3, -0.25) is 34.2 Å². The van der Waals surface area contributed by atoms with E-state index in [0.29, 0.717) is 25.9 Å². The fourth-order valence-electron chi connectivity index (χ4n) is 3.44. The van der Waals surface area contributed by atoms with Gasteiger partial charge < -0.3 is 15.0 Å². The number of fused-ring (bicyclic) bond motifs is 1. The van der Waals surface area contributed by atoms with Crippen LogP contribution in [0.4, 0.5) is 5.69 Å². The van der Waals surface area contributed by atoms with Gasteiger partial charge in [-0.1, -0.05) is 0 Å². The monoisotopic (exact) mass is 404 g/mol. The van der Waals surface area contributed by atoms with Crippen molar-refractivity contribution >= 4 is 29.3 Å². The predicted octanol–water partition coefficient (Wildman–Crippen LogP) is -0.0556. The van der Waals surface area contributed by atoms with Crippen molar-refractivity contribution in [1.82, 2.24) is 15.1 Å². The number of piperidine rings is 1. The number of benzene rings is 1. The zero-order valence-electron chi connectivity index (χ0n) is 15.8. The minimum atomic E-state index is -0.733. The second kappa shape index (κ2) is 8.35. The summed E-state index contributed by atoms with van der Waals surface area (Å²) in [5.41, 5.74) is -0.341. The number of ether oxygens (including phenoxy) is 1. The summed E-state index contributed by atoms with van der Waals surface area (Å²) in [7, 11) is 1.45. The van der Waals surface area contributed by atoms with Crippen molar-refractivity contribution in [3.63, 3.8) is 0 Å². The molecular weight excluding hydrogens is 384 g/mol. The molecule has 3 rings (SSSR count). The maximum atomic E-state index is 12.4. The zero-order chi connectivity index (χ0) is 21.1. The molecule has 29 heavy (non-hydrogen) atoms. The lowest BCUT2D eigenvalue weighted by molar-refractivity contribution is -0.384. The summed E-state index contributed by atoms with van der Waals surface area (Å²) in [6, 6.07) is 3.23.